The fraction of sp³-hybridized carbons (Fsp3) is 0.393. The van der Waals surface area contributed by atoms with E-state index < -0.39 is 0 Å². The first-order valence-corrected chi connectivity index (χ1v) is 14.3. The van der Waals surface area contributed by atoms with Crippen LogP contribution in [0, 0.1) is 5.92 Å². The Hall–Kier alpha value is -3.12. The second-order valence-corrected chi connectivity index (χ2v) is 10.1. The zero-order chi connectivity index (χ0) is 27.1. The minimum Gasteiger partial charge on any atom is -0.492 e. The van der Waals surface area contributed by atoms with Gasteiger partial charge >= 0.3 is 6.03 Å². The topological polar surface area (TPSA) is 105 Å². The van der Waals surface area contributed by atoms with Crippen molar-refractivity contribution in [3.05, 3.63) is 53.7 Å². The van der Waals surface area contributed by atoms with Gasteiger partial charge in [0.2, 0.25) is 0 Å². The number of amides is 3. The number of rotatable bonds is 9. The maximum atomic E-state index is 13.0. The van der Waals surface area contributed by atoms with Crippen molar-refractivity contribution >= 4 is 51.1 Å². The molecule has 0 bridgehead atoms. The molecule has 202 valence electrons. The molecule has 3 amide bonds. The van der Waals surface area contributed by atoms with Crippen LogP contribution in [0.25, 0.3) is 10.9 Å². The number of aromatic nitrogens is 1. The van der Waals surface area contributed by atoms with Crippen LogP contribution in [0.15, 0.2) is 42.6 Å². The molecule has 10 heteroatoms. The number of likely N-dealkylation sites (tertiary alicyclic amines) is 1. The number of hydrogen-bond acceptors (Lipinski definition) is 6. The third-order valence-electron chi connectivity index (χ3n) is 6.62. The number of carbonyl (C=O) groups excluding carboxylic acids is 2. The summed E-state index contributed by atoms with van der Waals surface area (Å²) in [6.45, 7) is 5.08. The number of nitrogens with zero attached hydrogens (tertiary/aromatic N) is 2. The van der Waals surface area contributed by atoms with Gasteiger partial charge in [-0.25, -0.2) is 4.79 Å². The lowest BCUT2D eigenvalue weighted by Gasteiger charge is -2.29. The van der Waals surface area contributed by atoms with E-state index in [2.05, 4.69) is 55.5 Å². The maximum absolute atomic E-state index is 13.0. The molecule has 0 saturated carbocycles. The van der Waals surface area contributed by atoms with Crippen LogP contribution in [0.4, 0.5) is 10.5 Å². The average Bonchev–Trinajstić information content (AvgIpc) is 2.93. The number of pyridine rings is 1. The van der Waals surface area contributed by atoms with Crippen molar-refractivity contribution in [3.63, 3.8) is 0 Å². The highest BCUT2D eigenvalue weighted by Gasteiger charge is 2.21. The van der Waals surface area contributed by atoms with Crippen LogP contribution in [-0.2, 0) is 4.43 Å². The van der Waals surface area contributed by atoms with Gasteiger partial charge in [-0.1, -0.05) is 22.6 Å². The lowest BCUT2D eigenvalue weighted by atomic mass is 9.98. The molecule has 9 nitrogen and oxygen atoms in total. The monoisotopic (exact) mass is 631 g/mol. The fourth-order valence-electron chi connectivity index (χ4n) is 4.40. The van der Waals surface area contributed by atoms with E-state index in [9.17, 15) is 9.59 Å². The number of alkyl halides is 1. The Morgan fingerprint density at radius 3 is 2.63 bits per heavy atom. The molecule has 1 aromatic heterocycles. The number of piperidine rings is 1. The summed E-state index contributed by atoms with van der Waals surface area (Å²) in [4.78, 5) is 31.6. The van der Waals surface area contributed by atoms with Crippen LogP contribution in [0.5, 0.6) is 17.2 Å². The summed E-state index contributed by atoms with van der Waals surface area (Å²) in [7, 11) is 3.71. The average molecular weight is 632 g/mol. The zero-order valence-corrected chi connectivity index (χ0v) is 24.1. The van der Waals surface area contributed by atoms with Gasteiger partial charge in [0.15, 0.2) is 0 Å². The van der Waals surface area contributed by atoms with Gasteiger partial charge in [-0.2, -0.15) is 0 Å². The molecule has 0 aliphatic carbocycles. The summed E-state index contributed by atoms with van der Waals surface area (Å²) in [5, 5.41) is 8.99. The van der Waals surface area contributed by atoms with E-state index in [-0.39, 0.29) is 11.9 Å². The summed E-state index contributed by atoms with van der Waals surface area (Å²) < 4.78 is 13.2. The van der Waals surface area contributed by atoms with Gasteiger partial charge in [-0.3, -0.25) is 9.78 Å². The van der Waals surface area contributed by atoms with E-state index in [4.69, 9.17) is 9.47 Å². The lowest BCUT2D eigenvalue weighted by Crippen LogP contribution is -2.32. The molecule has 38 heavy (non-hydrogen) atoms. The lowest BCUT2D eigenvalue weighted by molar-refractivity contribution is 0.0949. The molecular formula is C28H34IN5O4. The highest BCUT2D eigenvalue weighted by molar-refractivity contribution is 14.1. The number of urea groups is 1. The number of fused-ring (bicyclic) bond motifs is 1. The third kappa shape index (κ3) is 6.84. The SMILES string of the molecule is CCNC(=O)c1cc2c(Oc3ccc(NC(=O)NC)c(CI)c3)ccnc2cc1OCC1CCN(C)CC1. The van der Waals surface area contributed by atoms with Crippen LogP contribution in [0.2, 0.25) is 0 Å². The molecule has 1 aliphatic heterocycles. The van der Waals surface area contributed by atoms with Crippen LogP contribution < -0.4 is 25.4 Å². The van der Waals surface area contributed by atoms with Gasteiger partial charge in [-0.05, 0) is 81.7 Å². The van der Waals surface area contributed by atoms with E-state index >= 15 is 0 Å². The molecule has 2 heterocycles. The minimum atomic E-state index is -0.281. The number of nitrogens with one attached hydrogen (secondary N) is 3. The highest BCUT2D eigenvalue weighted by Crippen LogP contribution is 2.35. The molecular weight excluding hydrogens is 597 g/mol. The maximum Gasteiger partial charge on any atom is 0.318 e. The second-order valence-electron chi connectivity index (χ2n) is 9.35. The minimum absolute atomic E-state index is 0.195. The van der Waals surface area contributed by atoms with E-state index in [0.717, 1.165) is 37.2 Å². The van der Waals surface area contributed by atoms with E-state index in [1.54, 1.807) is 31.4 Å². The third-order valence-corrected chi connectivity index (χ3v) is 7.44. The molecule has 0 atom stereocenters. The number of halogens is 1. The Labute approximate surface area is 236 Å². The van der Waals surface area contributed by atoms with Gasteiger partial charge in [0.25, 0.3) is 5.91 Å². The predicted molar refractivity (Wildman–Crippen MR) is 158 cm³/mol. The normalized spacial score (nSPS) is 14.2. The first-order valence-electron chi connectivity index (χ1n) is 12.8. The molecule has 3 N–H and O–H groups in total. The Balaban J connectivity index is 1.63. The van der Waals surface area contributed by atoms with Gasteiger partial charge in [0, 0.05) is 41.4 Å². The number of hydrogen-bond donors (Lipinski definition) is 3. The fourth-order valence-corrected chi connectivity index (χ4v) is 5.04. The van der Waals surface area contributed by atoms with Crippen molar-refractivity contribution in [2.24, 2.45) is 5.92 Å². The first kappa shape index (κ1) is 27.9. The molecule has 1 aliphatic rings. The highest BCUT2D eigenvalue weighted by atomic mass is 127. The quantitative estimate of drug-likeness (QED) is 0.222. The van der Waals surface area contributed by atoms with E-state index in [0.29, 0.717) is 57.2 Å². The summed E-state index contributed by atoms with van der Waals surface area (Å²) in [6.07, 6.45) is 3.84. The summed E-state index contributed by atoms with van der Waals surface area (Å²) >= 11 is 2.25. The number of anilines is 1. The van der Waals surface area contributed by atoms with Crippen molar-refractivity contribution in [3.8, 4) is 17.2 Å². The van der Waals surface area contributed by atoms with Crippen molar-refractivity contribution < 1.29 is 19.1 Å². The van der Waals surface area contributed by atoms with Gasteiger partial charge < -0.3 is 30.3 Å². The van der Waals surface area contributed by atoms with Gasteiger partial charge in [-0.15, -0.1) is 0 Å². The zero-order valence-electron chi connectivity index (χ0n) is 22.0. The molecule has 0 radical (unpaired) electrons. The summed E-state index contributed by atoms with van der Waals surface area (Å²) in [6, 6.07) is 10.6. The van der Waals surface area contributed by atoms with Crippen LogP contribution in [-0.4, -0.2) is 62.2 Å². The largest absolute Gasteiger partial charge is 0.492 e. The van der Waals surface area contributed by atoms with Crippen LogP contribution in [0.1, 0.15) is 35.7 Å². The Bertz CT molecular complexity index is 1290. The second kappa shape index (κ2) is 13.1. The van der Waals surface area contributed by atoms with E-state index in [1.165, 1.54) is 0 Å². The summed E-state index contributed by atoms with van der Waals surface area (Å²) in [5.74, 6) is 1.99. The van der Waals surface area contributed by atoms with Crippen LogP contribution >= 0.6 is 22.6 Å². The molecule has 3 aromatic rings. The van der Waals surface area contributed by atoms with Gasteiger partial charge in [0.1, 0.15) is 17.2 Å². The standard InChI is InChI=1S/C28H34IN5O4/c1-4-31-27(35)22-14-21-24(15-26(22)37-17-18-8-11-34(3)12-9-18)32-10-7-25(21)38-20-5-6-23(19(13-20)16-29)33-28(36)30-2/h5-7,10,13-15,18H,4,8-9,11-12,16-17H2,1-3H3,(H,31,35)(H2,30,33,36). The number of benzene rings is 2. The van der Waals surface area contributed by atoms with E-state index in [1.807, 2.05) is 25.1 Å². The molecule has 0 unspecified atom stereocenters. The number of carbonyl (C=O) groups is 2. The van der Waals surface area contributed by atoms with Crippen molar-refractivity contribution in [2.75, 3.05) is 45.7 Å². The molecule has 2 aromatic carbocycles. The molecule has 4 rings (SSSR count). The Morgan fingerprint density at radius 1 is 1.13 bits per heavy atom. The van der Waals surface area contributed by atoms with Gasteiger partial charge in [0.05, 0.1) is 17.7 Å². The van der Waals surface area contributed by atoms with Crippen molar-refractivity contribution in [1.29, 1.82) is 0 Å². The smallest absolute Gasteiger partial charge is 0.318 e. The Kier molecular flexibility index (Phi) is 9.62. The predicted octanol–water partition coefficient (Wildman–Crippen LogP) is 5.18. The summed E-state index contributed by atoms with van der Waals surface area (Å²) in [5.41, 5.74) is 2.79. The molecule has 1 fully saturated rings. The van der Waals surface area contributed by atoms with Crippen molar-refractivity contribution in [2.45, 2.75) is 24.2 Å². The van der Waals surface area contributed by atoms with Crippen LogP contribution in [0.3, 0.4) is 0 Å². The number of ether oxygens (including phenoxy) is 2. The molecule has 0 spiro atoms. The Morgan fingerprint density at radius 2 is 1.92 bits per heavy atom. The molecule has 1 saturated heterocycles. The van der Waals surface area contributed by atoms with Crippen molar-refractivity contribution in [1.82, 2.24) is 20.5 Å². The first-order chi connectivity index (χ1) is 18.4.